The van der Waals surface area contributed by atoms with Gasteiger partial charge in [0.1, 0.15) is 11.5 Å². The van der Waals surface area contributed by atoms with Crippen molar-refractivity contribution in [1.29, 1.82) is 0 Å². The molecule has 180 valence electrons. The Morgan fingerprint density at radius 3 is 2.21 bits per heavy atom. The summed E-state index contributed by atoms with van der Waals surface area (Å²) in [6.07, 6.45) is 0. The molecule has 0 fully saturated rings. The zero-order valence-electron chi connectivity index (χ0n) is 19.9. The lowest BCUT2D eigenvalue weighted by molar-refractivity contribution is -0.139. The summed E-state index contributed by atoms with van der Waals surface area (Å²) in [5.74, 6) is 0.356. The van der Waals surface area contributed by atoms with Crippen molar-refractivity contribution < 1.29 is 23.8 Å². The highest BCUT2D eigenvalue weighted by Crippen LogP contribution is 2.32. The standard InChI is InChI=1S/C25H29N3O5S/c1-6-28-15(3)21(24(30)33-7-2)22(27-25(28)34)16-8-10-18(11-9-16)26-23(29)17-12-19(31-4)14-20(13-17)32-5/h8-14,22H,6-7H2,1-5H3,(H,26,29)(H,27,34). The third-order valence-corrected chi connectivity index (χ3v) is 5.86. The summed E-state index contributed by atoms with van der Waals surface area (Å²) < 4.78 is 15.8. The molecular formula is C25H29N3O5S. The number of hydrogen-bond donors (Lipinski definition) is 2. The summed E-state index contributed by atoms with van der Waals surface area (Å²) in [6, 6.07) is 11.8. The molecule has 1 heterocycles. The van der Waals surface area contributed by atoms with Crippen LogP contribution in [0.1, 0.15) is 42.7 Å². The lowest BCUT2D eigenvalue weighted by Crippen LogP contribution is -2.47. The van der Waals surface area contributed by atoms with E-state index < -0.39 is 6.04 Å². The van der Waals surface area contributed by atoms with Crippen molar-refractivity contribution in [3.63, 3.8) is 0 Å². The molecule has 2 N–H and O–H groups in total. The first-order valence-corrected chi connectivity index (χ1v) is 11.3. The number of carbonyl (C=O) groups excluding carboxylic acids is 2. The number of anilines is 1. The fraction of sp³-hybridized carbons (Fsp3) is 0.320. The number of allylic oxidation sites excluding steroid dienone is 1. The highest BCUT2D eigenvalue weighted by Gasteiger charge is 2.34. The summed E-state index contributed by atoms with van der Waals surface area (Å²) in [7, 11) is 3.06. The van der Waals surface area contributed by atoms with E-state index in [1.165, 1.54) is 14.2 Å². The number of nitrogens with zero attached hydrogens (tertiary/aromatic N) is 1. The molecule has 0 saturated heterocycles. The first kappa shape index (κ1) is 25.0. The molecule has 0 saturated carbocycles. The van der Waals surface area contributed by atoms with Crippen LogP contribution in [-0.4, -0.2) is 49.3 Å². The van der Waals surface area contributed by atoms with E-state index in [9.17, 15) is 9.59 Å². The van der Waals surface area contributed by atoms with E-state index in [1.54, 1.807) is 37.3 Å². The van der Waals surface area contributed by atoms with Crippen molar-refractivity contribution in [3.8, 4) is 11.5 Å². The van der Waals surface area contributed by atoms with Gasteiger partial charge in [-0.2, -0.15) is 0 Å². The van der Waals surface area contributed by atoms with Gasteiger partial charge in [0.2, 0.25) is 0 Å². The van der Waals surface area contributed by atoms with Crippen molar-refractivity contribution in [2.45, 2.75) is 26.8 Å². The van der Waals surface area contributed by atoms with Gasteiger partial charge < -0.3 is 29.7 Å². The van der Waals surface area contributed by atoms with E-state index >= 15 is 0 Å². The first-order valence-electron chi connectivity index (χ1n) is 10.9. The third-order valence-electron chi connectivity index (χ3n) is 5.52. The summed E-state index contributed by atoms with van der Waals surface area (Å²) in [5, 5.41) is 6.66. The van der Waals surface area contributed by atoms with Crippen LogP contribution < -0.4 is 20.1 Å². The summed E-state index contributed by atoms with van der Waals surface area (Å²) in [4.78, 5) is 27.4. The lowest BCUT2D eigenvalue weighted by Gasteiger charge is -2.37. The second-order valence-electron chi connectivity index (χ2n) is 7.52. The van der Waals surface area contributed by atoms with Crippen LogP contribution in [0.2, 0.25) is 0 Å². The Hall–Kier alpha value is -3.59. The molecule has 1 aliphatic heterocycles. The topological polar surface area (TPSA) is 89.1 Å². The largest absolute Gasteiger partial charge is 0.497 e. The molecule has 2 aromatic rings. The van der Waals surface area contributed by atoms with Crippen LogP contribution in [0.4, 0.5) is 5.69 Å². The van der Waals surface area contributed by atoms with Gasteiger partial charge in [-0.3, -0.25) is 4.79 Å². The fourth-order valence-corrected chi connectivity index (χ4v) is 4.17. The van der Waals surface area contributed by atoms with E-state index in [0.717, 1.165) is 11.3 Å². The molecule has 0 bridgehead atoms. The predicted octanol–water partition coefficient (Wildman–Crippen LogP) is 4.04. The Balaban J connectivity index is 1.85. The minimum Gasteiger partial charge on any atom is -0.497 e. The zero-order valence-corrected chi connectivity index (χ0v) is 20.7. The molecule has 0 aliphatic carbocycles. The number of methoxy groups -OCH3 is 2. The van der Waals surface area contributed by atoms with Crippen LogP contribution in [0.3, 0.4) is 0 Å². The maximum Gasteiger partial charge on any atom is 0.338 e. The van der Waals surface area contributed by atoms with Gasteiger partial charge in [0.25, 0.3) is 5.91 Å². The number of ether oxygens (including phenoxy) is 3. The van der Waals surface area contributed by atoms with Gasteiger partial charge in [-0.25, -0.2) is 4.79 Å². The molecule has 9 heteroatoms. The molecule has 1 unspecified atom stereocenters. The minimum absolute atomic E-state index is 0.277. The Morgan fingerprint density at radius 2 is 1.68 bits per heavy atom. The van der Waals surface area contributed by atoms with Gasteiger partial charge in [0, 0.05) is 29.6 Å². The van der Waals surface area contributed by atoms with E-state index in [1.807, 2.05) is 30.9 Å². The van der Waals surface area contributed by atoms with Crippen LogP contribution in [-0.2, 0) is 9.53 Å². The quantitative estimate of drug-likeness (QED) is 0.430. The number of benzene rings is 2. The summed E-state index contributed by atoms with van der Waals surface area (Å²) in [5.41, 5.74) is 3.10. The van der Waals surface area contributed by atoms with Gasteiger partial charge >= 0.3 is 5.97 Å². The number of amides is 1. The molecule has 3 rings (SSSR count). The molecule has 2 aromatic carbocycles. The highest BCUT2D eigenvalue weighted by molar-refractivity contribution is 7.80. The molecule has 8 nitrogen and oxygen atoms in total. The Bertz CT molecular complexity index is 1090. The van der Waals surface area contributed by atoms with Gasteiger partial charge in [0.05, 0.1) is 32.4 Å². The molecule has 1 atom stereocenters. The fourth-order valence-electron chi connectivity index (χ4n) is 3.79. The molecule has 1 amide bonds. The predicted molar refractivity (Wildman–Crippen MR) is 134 cm³/mol. The average Bonchev–Trinajstić information content (AvgIpc) is 2.84. The van der Waals surface area contributed by atoms with Gasteiger partial charge in [-0.1, -0.05) is 12.1 Å². The van der Waals surface area contributed by atoms with E-state index in [-0.39, 0.29) is 18.5 Å². The average molecular weight is 484 g/mol. The van der Waals surface area contributed by atoms with Crippen molar-refractivity contribution in [2.75, 3.05) is 32.7 Å². The smallest absolute Gasteiger partial charge is 0.338 e. The monoisotopic (exact) mass is 483 g/mol. The lowest BCUT2D eigenvalue weighted by atomic mass is 9.95. The maximum absolute atomic E-state index is 12.8. The van der Waals surface area contributed by atoms with Crippen molar-refractivity contribution in [2.24, 2.45) is 0 Å². The molecule has 0 spiro atoms. The Morgan fingerprint density at radius 1 is 1.06 bits per heavy atom. The molecule has 1 aliphatic rings. The third kappa shape index (κ3) is 5.31. The molecule has 0 radical (unpaired) electrons. The first-order chi connectivity index (χ1) is 16.3. The van der Waals surface area contributed by atoms with E-state index in [0.29, 0.717) is 40.0 Å². The number of thiocarbonyl (C=S) groups is 1. The SMILES string of the molecule is CCOC(=O)C1=C(C)N(CC)C(=S)NC1c1ccc(NC(=O)c2cc(OC)cc(OC)c2)cc1. The van der Waals surface area contributed by atoms with Crippen LogP contribution >= 0.6 is 12.2 Å². The Kier molecular flexibility index (Phi) is 8.12. The van der Waals surface area contributed by atoms with Gasteiger partial charge in [-0.15, -0.1) is 0 Å². The van der Waals surface area contributed by atoms with Crippen LogP contribution in [0, 0.1) is 0 Å². The van der Waals surface area contributed by atoms with Crippen molar-refractivity contribution in [3.05, 3.63) is 64.9 Å². The number of rotatable bonds is 8. The van der Waals surface area contributed by atoms with Crippen molar-refractivity contribution >= 4 is 34.9 Å². The second kappa shape index (κ2) is 11.0. The number of esters is 1. The number of carbonyl (C=O) groups is 2. The van der Waals surface area contributed by atoms with Crippen LogP contribution in [0.15, 0.2) is 53.7 Å². The molecule has 34 heavy (non-hydrogen) atoms. The Labute approximate surface area is 204 Å². The summed E-state index contributed by atoms with van der Waals surface area (Å²) >= 11 is 5.51. The van der Waals surface area contributed by atoms with Crippen LogP contribution in [0.25, 0.3) is 0 Å². The van der Waals surface area contributed by atoms with Gasteiger partial charge in [-0.05, 0) is 62.8 Å². The maximum atomic E-state index is 12.8. The summed E-state index contributed by atoms with van der Waals surface area (Å²) in [6.45, 7) is 6.52. The molecule has 0 aromatic heterocycles. The van der Waals surface area contributed by atoms with E-state index in [2.05, 4.69) is 10.6 Å². The second-order valence-corrected chi connectivity index (χ2v) is 7.91. The zero-order chi connectivity index (χ0) is 24.8. The van der Waals surface area contributed by atoms with Crippen LogP contribution in [0.5, 0.6) is 11.5 Å². The van der Waals surface area contributed by atoms with E-state index in [4.69, 9.17) is 26.4 Å². The number of nitrogens with one attached hydrogen (secondary N) is 2. The number of hydrogen-bond acceptors (Lipinski definition) is 6. The minimum atomic E-state index is -0.457. The normalized spacial score (nSPS) is 15.5. The highest BCUT2D eigenvalue weighted by atomic mass is 32.1. The van der Waals surface area contributed by atoms with Gasteiger partial charge in [0.15, 0.2) is 5.11 Å². The molecular weight excluding hydrogens is 454 g/mol. The van der Waals surface area contributed by atoms with Crippen molar-refractivity contribution in [1.82, 2.24) is 10.2 Å².